The van der Waals surface area contributed by atoms with Crippen molar-refractivity contribution in [2.24, 2.45) is 0 Å². The Morgan fingerprint density at radius 2 is 1.87 bits per heavy atom. The fourth-order valence-electron chi connectivity index (χ4n) is 4.17. The minimum absolute atomic E-state index is 0.264. The monoisotopic (exact) mass is 441 g/mol. The average Bonchev–Trinajstić information content (AvgIpc) is 3.08. The van der Waals surface area contributed by atoms with Gasteiger partial charge in [0.1, 0.15) is 4.83 Å². The Hall–Kier alpha value is -2.58. The van der Waals surface area contributed by atoms with Crippen LogP contribution in [-0.4, -0.2) is 38.7 Å². The maximum atomic E-state index is 12.4. The van der Waals surface area contributed by atoms with E-state index >= 15 is 0 Å². The molecule has 1 aliphatic rings. The standard InChI is InChI=1S/C23H27N3O4S/c1-12-16(19(21(27)28)30-23(2,3)4)17(13-10-24-22(29-5)25-11-13)18-14-8-6-7-9-15(14)31-20(18)26-12/h10-11,19H,6-9H2,1-5H3,(H,27,28). The van der Waals surface area contributed by atoms with Gasteiger partial charge in [-0.3, -0.25) is 0 Å². The van der Waals surface area contributed by atoms with Gasteiger partial charge in [-0.05, 0) is 58.9 Å². The Bertz CT molecular complexity index is 1130. The van der Waals surface area contributed by atoms with Crippen LogP contribution in [0.15, 0.2) is 12.4 Å². The van der Waals surface area contributed by atoms with Gasteiger partial charge in [0.25, 0.3) is 0 Å². The van der Waals surface area contributed by atoms with Crippen LogP contribution >= 0.6 is 11.3 Å². The van der Waals surface area contributed by atoms with Gasteiger partial charge in [-0.15, -0.1) is 11.3 Å². The van der Waals surface area contributed by atoms with Gasteiger partial charge in [0, 0.05) is 45.0 Å². The lowest BCUT2D eigenvalue weighted by Crippen LogP contribution is -2.28. The summed E-state index contributed by atoms with van der Waals surface area (Å²) >= 11 is 1.71. The summed E-state index contributed by atoms with van der Waals surface area (Å²) < 4.78 is 11.2. The van der Waals surface area contributed by atoms with E-state index in [-0.39, 0.29) is 6.01 Å². The molecule has 1 atom stereocenters. The molecule has 0 spiro atoms. The third kappa shape index (κ3) is 4.14. The molecule has 0 saturated heterocycles. The third-order valence-electron chi connectivity index (χ3n) is 5.39. The first-order chi connectivity index (χ1) is 14.7. The predicted molar refractivity (Wildman–Crippen MR) is 120 cm³/mol. The number of fused-ring (bicyclic) bond motifs is 3. The number of methoxy groups -OCH3 is 1. The number of aryl methyl sites for hydroxylation is 3. The lowest BCUT2D eigenvalue weighted by atomic mass is 9.89. The number of hydrogen-bond acceptors (Lipinski definition) is 7. The van der Waals surface area contributed by atoms with Crippen LogP contribution in [-0.2, 0) is 22.4 Å². The summed E-state index contributed by atoms with van der Waals surface area (Å²) in [6, 6.07) is 0.264. The molecule has 1 N–H and O–H groups in total. The van der Waals surface area contributed by atoms with E-state index in [9.17, 15) is 9.90 Å². The molecular formula is C23H27N3O4S. The minimum atomic E-state index is -1.16. The third-order valence-corrected chi connectivity index (χ3v) is 6.57. The highest BCUT2D eigenvalue weighted by Gasteiger charge is 2.34. The molecule has 0 bridgehead atoms. The van der Waals surface area contributed by atoms with Gasteiger partial charge in [-0.25, -0.2) is 19.7 Å². The Morgan fingerprint density at radius 1 is 1.19 bits per heavy atom. The van der Waals surface area contributed by atoms with E-state index in [4.69, 9.17) is 14.5 Å². The number of thiophene rings is 1. The first kappa shape index (κ1) is 21.6. The first-order valence-electron chi connectivity index (χ1n) is 10.4. The highest BCUT2D eigenvalue weighted by atomic mass is 32.1. The van der Waals surface area contributed by atoms with Gasteiger partial charge in [-0.2, -0.15) is 0 Å². The number of nitrogens with zero attached hydrogens (tertiary/aromatic N) is 3. The molecule has 0 radical (unpaired) electrons. The van der Waals surface area contributed by atoms with Gasteiger partial charge in [0.2, 0.25) is 0 Å². The molecule has 8 heteroatoms. The van der Waals surface area contributed by atoms with Crippen molar-refractivity contribution in [3.05, 3.63) is 34.1 Å². The Morgan fingerprint density at radius 3 is 2.48 bits per heavy atom. The predicted octanol–water partition coefficient (Wildman–Crippen LogP) is 4.89. The zero-order valence-corrected chi connectivity index (χ0v) is 19.3. The van der Waals surface area contributed by atoms with Gasteiger partial charge >= 0.3 is 12.0 Å². The Kier molecular flexibility index (Phi) is 5.70. The van der Waals surface area contributed by atoms with E-state index in [1.54, 1.807) is 23.7 Å². The summed E-state index contributed by atoms with van der Waals surface area (Å²) in [4.78, 5) is 28.1. The molecule has 3 aromatic heterocycles. The normalized spacial score (nSPS) is 15.0. The van der Waals surface area contributed by atoms with Crippen LogP contribution in [0.2, 0.25) is 0 Å². The highest BCUT2D eigenvalue weighted by Crippen LogP contribution is 2.45. The van der Waals surface area contributed by atoms with Crippen molar-refractivity contribution < 1.29 is 19.4 Å². The smallest absolute Gasteiger partial charge is 0.337 e. The Balaban J connectivity index is 2.06. The molecule has 0 amide bonds. The van der Waals surface area contributed by atoms with Crippen LogP contribution in [0.1, 0.15) is 61.4 Å². The van der Waals surface area contributed by atoms with Crippen LogP contribution in [0.25, 0.3) is 21.3 Å². The maximum absolute atomic E-state index is 12.4. The molecular weight excluding hydrogens is 414 g/mol. The van der Waals surface area contributed by atoms with Crippen molar-refractivity contribution in [3.8, 4) is 17.1 Å². The summed E-state index contributed by atoms with van der Waals surface area (Å²) in [6.45, 7) is 7.41. The second kappa shape index (κ2) is 8.16. The van der Waals surface area contributed by atoms with Crippen molar-refractivity contribution in [2.75, 3.05) is 7.11 Å². The Labute approximate surface area is 185 Å². The summed E-state index contributed by atoms with van der Waals surface area (Å²) in [5, 5.41) is 11.1. The number of carboxylic acid groups (broad SMARTS) is 1. The maximum Gasteiger partial charge on any atom is 0.337 e. The van der Waals surface area contributed by atoms with E-state index < -0.39 is 17.7 Å². The van der Waals surface area contributed by atoms with E-state index in [0.717, 1.165) is 47.0 Å². The van der Waals surface area contributed by atoms with Crippen molar-refractivity contribution >= 4 is 27.5 Å². The van der Waals surface area contributed by atoms with E-state index in [0.29, 0.717) is 11.3 Å². The van der Waals surface area contributed by atoms with Gasteiger partial charge < -0.3 is 14.6 Å². The topological polar surface area (TPSA) is 94.4 Å². The number of aromatic nitrogens is 3. The van der Waals surface area contributed by atoms with Crippen molar-refractivity contribution in [1.82, 2.24) is 15.0 Å². The minimum Gasteiger partial charge on any atom is -0.479 e. The number of rotatable bonds is 5. The second-order valence-corrected chi connectivity index (χ2v) is 9.87. The fraction of sp³-hybridized carbons (Fsp3) is 0.478. The van der Waals surface area contributed by atoms with E-state index in [1.165, 1.54) is 17.6 Å². The van der Waals surface area contributed by atoms with Gasteiger partial charge in [0.15, 0.2) is 6.10 Å². The summed E-state index contributed by atoms with van der Waals surface area (Å²) in [5.74, 6) is -1.04. The number of hydrogen-bond donors (Lipinski definition) is 1. The molecule has 7 nitrogen and oxygen atoms in total. The molecule has 4 rings (SSSR count). The molecule has 3 aromatic rings. The molecule has 0 fully saturated rings. The second-order valence-electron chi connectivity index (χ2n) is 8.78. The van der Waals surface area contributed by atoms with Gasteiger partial charge in [0.05, 0.1) is 12.7 Å². The SMILES string of the molecule is COc1ncc(-c2c(C(OC(C)(C)C)C(=O)O)c(C)nc3sc4c(c23)CCCC4)cn1. The highest BCUT2D eigenvalue weighted by molar-refractivity contribution is 7.19. The largest absolute Gasteiger partial charge is 0.479 e. The molecule has 1 unspecified atom stereocenters. The zero-order chi connectivity index (χ0) is 22.3. The number of pyridine rings is 1. The van der Waals surface area contributed by atoms with Crippen LogP contribution in [0, 0.1) is 6.92 Å². The van der Waals surface area contributed by atoms with Crippen molar-refractivity contribution in [2.45, 2.75) is 65.1 Å². The van der Waals surface area contributed by atoms with Gasteiger partial charge in [-0.1, -0.05) is 0 Å². The number of carboxylic acids is 1. The lowest BCUT2D eigenvalue weighted by molar-refractivity contribution is -0.160. The van der Waals surface area contributed by atoms with Crippen molar-refractivity contribution in [1.29, 1.82) is 0 Å². The molecule has 31 heavy (non-hydrogen) atoms. The van der Waals surface area contributed by atoms with Crippen LogP contribution in [0.4, 0.5) is 0 Å². The van der Waals surface area contributed by atoms with Crippen LogP contribution < -0.4 is 4.74 Å². The zero-order valence-electron chi connectivity index (χ0n) is 18.5. The quantitative estimate of drug-likeness (QED) is 0.602. The van der Waals surface area contributed by atoms with E-state index in [1.807, 2.05) is 27.7 Å². The van der Waals surface area contributed by atoms with Crippen LogP contribution in [0.3, 0.4) is 0 Å². The molecule has 0 aromatic carbocycles. The number of carbonyl (C=O) groups is 1. The molecule has 3 heterocycles. The number of ether oxygens (including phenoxy) is 2. The molecule has 0 saturated carbocycles. The lowest BCUT2D eigenvalue weighted by Gasteiger charge is -2.28. The summed E-state index contributed by atoms with van der Waals surface area (Å²) in [7, 11) is 1.52. The average molecular weight is 442 g/mol. The van der Waals surface area contributed by atoms with Crippen LogP contribution in [0.5, 0.6) is 6.01 Å². The molecule has 164 valence electrons. The first-order valence-corrected chi connectivity index (χ1v) is 11.2. The fourth-order valence-corrected chi connectivity index (χ4v) is 5.49. The summed E-state index contributed by atoms with van der Waals surface area (Å²) in [5.41, 5.74) is 3.38. The number of aliphatic carboxylic acids is 1. The molecule has 0 aliphatic heterocycles. The van der Waals surface area contributed by atoms with Crippen molar-refractivity contribution in [3.63, 3.8) is 0 Å². The molecule has 1 aliphatic carbocycles. The van der Waals surface area contributed by atoms with E-state index in [2.05, 4.69) is 9.97 Å². The summed E-state index contributed by atoms with van der Waals surface area (Å²) in [6.07, 6.45) is 6.48.